The van der Waals surface area contributed by atoms with Crippen LogP contribution in [0.3, 0.4) is 0 Å². The summed E-state index contributed by atoms with van der Waals surface area (Å²) < 4.78 is 10.4. The lowest BCUT2D eigenvalue weighted by Crippen LogP contribution is -2.46. The number of carbonyl (C=O) groups excluding carboxylic acids is 2. The molecule has 3 heterocycles. The number of hydrogen-bond donors (Lipinski definition) is 0. The smallest absolute Gasteiger partial charge is 0.309 e. The second-order valence-electron chi connectivity index (χ2n) is 10.8. The molecule has 0 atom stereocenters. The lowest BCUT2D eigenvalue weighted by molar-refractivity contribution is -0.149. The van der Waals surface area contributed by atoms with Crippen LogP contribution in [0.5, 0.6) is 5.75 Å². The summed E-state index contributed by atoms with van der Waals surface area (Å²) in [5, 5.41) is 0.775. The molecule has 0 bridgehead atoms. The van der Waals surface area contributed by atoms with Crippen molar-refractivity contribution in [3.8, 4) is 5.75 Å². The van der Waals surface area contributed by atoms with E-state index in [4.69, 9.17) is 19.4 Å². The van der Waals surface area contributed by atoms with Gasteiger partial charge in [0, 0.05) is 68.0 Å². The highest BCUT2D eigenvalue weighted by Gasteiger charge is 2.28. The van der Waals surface area contributed by atoms with Crippen LogP contribution in [0, 0.1) is 5.92 Å². The first-order valence-corrected chi connectivity index (χ1v) is 16.2. The van der Waals surface area contributed by atoms with Gasteiger partial charge in [0.15, 0.2) is 5.16 Å². The molecule has 228 valence electrons. The number of anilines is 2. The Morgan fingerprint density at radius 3 is 2.19 bits per heavy atom. The number of nitrogens with zero attached hydrogens (tertiary/aromatic N) is 5. The van der Waals surface area contributed by atoms with Crippen LogP contribution in [0.1, 0.15) is 48.3 Å². The number of carbonyl (C=O) groups is 2. The molecule has 2 aromatic carbocycles. The summed E-state index contributed by atoms with van der Waals surface area (Å²) in [6, 6.07) is 18.2. The topological polar surface area (TPSA) is 88.1 Å². The summed E-state index contributed by atoms with van der Waals surface area (Å²) in [4.78, 5) is 41.4. The molecule has 9 nitrogen and oxygen atoms in total. The maximum absolute atomic E-state index is 13.0. The quantitative estimate of drug-likeness (QED) is 0.179. The standard InChI is InChI=1S/C33H41N5O4S/c1-4-27-22-30(37-20-18-36(19-21-37)28-10-12-29(41-3)13-11-28)35-33(34-27)43-23-24-6-8-25(9-7-24)31(39)38-16-14-26(15-17-38)32(40)42-5-2/h6-13,22,26H,4-5,14-21,23H2,1-3H3. The first-order valence-electron chi connectivity index (χ1n) is 15.2. The van der Waals surface area contributed by atoms with E-state index in [1.165, 1.54) is 5.69 Å². The Kier molecular flexibility index (Phi) is 10.4. The number of aromatic nitrogens is 2. The number of piperazine rings is 1. The fourth-order valence-corrected chi connectivity index (χ4v) is 6.33. The molecule has 2 aliphatic heterocycles. The maximum atomic E-state index is 13.0. The minimum absolute atomic E-state index is 0.0113. The van der Waals surface area contributed by atoms with Gasteiger partial charge in [-0.1, -0.05) is 30.8 Å². The SMILES string of the molecule is CCOC(=O)C1CCN(C(=O)c2ccc(CSc3nc(CC)cc(N4CCN(c5ccc(OC)cc5)CC4)n3)cc2)CC1. The summed E-state index contributed by atoms with van der Waals surface area (Å²) in [5.74, 6) is 2.32. The average molecular weight is 604 g/mol. The van der Waals surface area contributed by atoms with Gasteiger partial charge in [-0.15, -0.1) is 0 Å². The summed E-state index contributed by atoms with van der Waals surface area (Å²) in [5.41, 5.74) is 4.03. The number of likely N-dealkylation sites (tertiary alicyclic amines) is 1. The molecule has 1 aromatic heterocycles. The molecule has 2 saturated heterocycles. The van der Waals surface area contributed by atoms with Gasteiger partial charge in [-0.05, 0) is 68.1 Å². The number of thioether (sulfide) groups is 1. The second-order valence-corrected chi connectivity index (χ2v) is 11.8. The Hall–Kier alpha value is -3.79. The molecule has 0 aliphatic carbocycles. The summed E-state index contributed by atoms with van der Waals surface area (Å²) in [7, 11) is 1.69. The minimum atomic E-state index is -0.149. The third kappa shape index (κ3) is 7.79. The van der Waals surface area contributed by atoms with Crippen LogP contribution in [0.4, 0.5) is 11.5 Å². The van der Waals surface area contributed by atoms with Crippen LogP contribution in [-0.4, -0.2) is 79.7 Å². The van der Waals surface area contributed by atoms with Crippen molar-refractivity contribution in [3.05, 3.63) is 71.4 Å². The van der Waals surface area contributed by atoms with Crippen molar-refractivity contribution in [2.45, 2.75) is 44.0 Å². The minimum Gasteiger partial charge on any atom is -0.497 e. The Balaban J connectivity index is 1.14. The van der Waals surface area contributed by atoms with Gasteiger partial charge in [0.25, 0.3) is 5.91 Å². The normalized spacial score (nSPS) is 15.8. The van der Waals surface area contributed by atoms with Gasteiger partial charge in [0.05, 0.1) is 19.6 Å². The number of aryl methyl sites for hydroxylation is 1. The Bertz CT molecular complexity index is 1370. The van der Waals surface area contributed by atoms with Crippen molar-refractivity contribution in [1.29, 1.82) is 0 Å². The largest absolute Gasteiger partial charge is 0.497 e. The molecule has 5 rings (SSSR count). The van der Waals surface area contributed by atoms with Crippen LogP contribution in [0.25, 0.3) is 0 Å². The maximum Gasteiger partial charge on any atom is 0.309 e. The highest BCUT2D eigenvalue weighted by molar-refractivity contribution is 7.98. The number of hydrogen-bond acceptors (Lipinski definition) is 9. The first kappa shape index (κ1) is 30.7. The second kappa shape index (κ2) is 14.6. The molecule has 2 fully saturated rings. The van der Waals surface area contributed by atoms with E-state index in [1.54, 1.807) is 18.9 Å². The number of methoxy groups -OCH3 is 1. The predicted molar refractivity (Wildman–Crippen MR) is 170 cm³/mol. The Morgan fingerprint density at radius 2 is 1.56 bits per heavy atom. The number of amides is 1. The fourth-order valence-electron chi connectivity index (χ4n) is 5.51. The first-order chi connectivity index (χ1) is 21.0. The van der Waals surface area contributed by atoms with Crippen molar-refractivity contribution in [2.24, 2.45) is 5.92 Å². The van der Waals surface area contributed by atoms with Crippen LogP contribution in [-0.2, 0) is 21.7 Å². The van der Waals surface area contributed by atoms with Crippen molar-refractivity contribution in [3.63, 3.8) is 0 Å². The van der Waals surface area contributed by atoms with Crippen molar-refractivity contribution in [1.82, 2.24) is 14.9 Å². The fraction of sp³-hybridized carbons (Fsp3) is 0.455. The monoisotopic (exact) mass is 603 g/mol. The van der Waals surface area contributed by atoms with Gasteiger partial charge in [0.1, 0.15) is 11.6 Å². The van der Waals surface area contributed by atoms with Crippen LogP contribution in [0.2, 0.25) is 0 Å². The molecule has 0 unspecified atom stereocenters. The molecule has 0 saturated carbocycles. The van der Waals surface area contributed by atoms with Crippen LogP contribution in [0.15, 0.2) is 59.8 Å². The molecule has 3 aromatic rings. The number of benzene rings is 2. The Labute approximate surface area is 258 Å². The van der Waals surface area contributed by atoms with Crippen LogP contribution < -0.4 is 14.5 Å². The number of esters is 1. The van der Waals surface area contributed by atoms with E-state index < -0.39 is 0 Å². The molecule has 10 heteroatoms. The van der Waals surface area contributed by atoms with Crippen molar-refractivity contribution >= 4 is 35.1 Å². The van der Waals surface area contributed by atoms with Gasteiger partial charge in [-0.25, -0.2) is 9.97 Å². The zero-order valence-electron chi connectivity index (χ0n) is 25.3. The van der Waals surface area contributed by atoms with E-state index >= 15 is 0 Å². The molecule has 0 spiro atoms. The molecule has 0 N–H and O–H groups in total. The summed E-state index contributed by atoms with van der Waals surface area (Å²) in [6.45, 7) is 9.12. The van der Waals surface area contributed by atoms with E-state index in [9.17, 15) is 9.59 Å². The highest BCUT2D eigenvalue weighted by Crippen LogP contribution is 2.26. The average Bonchev–Trinajstić information content (AvgIpc) is 3.07. The van der Waals surface area contributed by atoms with Gasteiger partial charge < -0.3 is 24.2 Å². The van der Waals surface area contributed by atoms with Gasteiger partial charge >= 0.3 is 5.97 Å². The summed E-state index contributed by atoms with van der Waals surface area (Å²) in [6.07, 6.45) is 2.15. The Morgan fingerprint density at radius 1 is 0.884 bits per heavy atom. The number of piperidine rings is 1. The number of ether oxygens (including phenoxy) is 2. The number of rotatable bonds is 10. The third-order valence-electron chi connectivity index (χ3n) is 8.12. The molecular weight excluding hydrogens is 562 g/mol. The predicted octanol–water partition coefficient (Wildman–Crippen LogP) is 5.08. The highest BCUT2D eigenvalue weighted by atomic mass is 32.2. The van der Waals surface area contributed by atoms with Gasteiger partial charge in [-0.2, -0.15) is 0 Å². The summed E-state index contributed by atoms with van der Waals surface area (Å²) >= 11 is 1.62. The lowest BCUT2D eigenvalue weighted by atomic mass is 9.96. The zero-order chi connectivity index (χ0) is 30.2. The van der Waals surface area contributed by atoms with Crippen molar-refractivity contribution < 1.29 is 19.1 Å². The molecule has 43 heavy (non-hydrogen) atoms. The molecule has 0 radical (unpaired) electrons. The van der Waals surface area contributed by atoms with E-state index in [0.717, 1.165) is 66.3 Å². The van der Waals surface area contributed by atoms with Gasteiger partial charge in [0.2, 0.25) is 0 Å². The van der Waals surface area contributed by atoms with E-state index in [0.29, 0.717) is 38.1 Å². The zero-order valence-corrected chi connectivity index (χ0v) is 26.1. The molecule has 2 aliphatic rings. The van der Waals surface area contributed by atoms with E-state index in [2.05, 4.69) is 34.9 Å². The third-order valence-corrected chi connectivity index (χ3v) is 9.04. The molecule has 1 amide bonds. The van der Waals surface area contributed by atoms with E-state index in [-0.39, 0.29) is 17.8 Å². The van der Waals surface area contributed by atoms with E-state index in [1.807, 2.05) is 48.2 Å². The van der Waals surface area contributed by atoms with Crippen molar-refractivity contribution in [2.75, 3.05) is 62.8 Å². The lowest BCUT2D eigenvalue weighted by Gasteiger charge is -2.37. The van der Waals surface area contributed by atoms with Gasteiger partial charge in [-0.3, -0.25) is 9.59 Å². The van der Waals surface area contributed by atoms with Crippen LogP contribution >= 0.6 is 11.8 Å². The molecular formula is C33H41N5O4S.